The number of aromatic nitrogens is 2. The fraction of sp³-hybridized carbons (Fsp3) is 0.222. The van der Waals surface area contributed by atoms with Crippen LogP contribution in [0.15, 0.2) is 53.5 Å². The van der Waals surface area contributed by atoms with Crippen LogP contribution in [0.4, 0.5) is 11.5 Å². The summed E-state index contributed by atoms with van der Waals surface area (Å²) in [5, 5.41) is 15.2. The van der Waals surface area contributed by atoms with Crippen LogP contribution >= 0.6 is 11.6 Å². The molecule has 0 spiro atoms. The lowest BCUT2D eigenvalue weighted by atomic mass is 10.0. The molecular formula is C18H17ClN4O4. The Bertz CT molecular complexity index is 1020. The Labute approximate surface area is 159 Å². The van der Waals surface area contributed by atoms with Gasteiger partial charge in [0.1, 0.15) is 5.65 Å². The van der Waals surface area contributed by atoms with E-state index in [4.69, 9.17) is 16.3 Å². The summed E-state index contributed by atoms with van der Waals surface area (Å²) in [5.74, 6) is -0.0766. The van der Waals surface area contributed by atoms with Crippen LogP contribution in [-0.4, -0.2) is 28.0 Å². The quantitative estimate of drug-likeness (QED) is 0.491. The first kappa shape index (κ1) is 18.8. The molecule has 3 aromatic rings. The van der Waals surface area contributed by atoms with Crippen molar-refractivity contribution in [3.05, 3.63) is 79.7 Å². The summed E-state index contributed by atoms with van der Waals surface area (Å²) in [7, 11) is 1.57. The molecule has 0 fully saturated rings. The molecule has 0 radical (unpaired) electrons. The average molecular weight is 389 g/mol. The van der Waals surface area contributed by atoms with E-state index in [1.54, 1.807) is 37.4 Å². The monoisotopic (exact) mass is 388 g/mol. The zero-order valence-corrected chi connectivity index (χ0v) is 15.2. The van der Waals surface area contributed by atoms with Crippen LogP contribution < -0.4 is 10.9 Å². The molecule has 0 amide bonds. The Hall–Kier alpha value is -2.97. The summed E-state index contributed by atoms with van der Waals surface area (Å²) in [5.41, 5.74) is -0.178. The molecule has 0 aliphatic carbocycles. The fourth-order valence-corrected chi connectivity index (χ4v) is 2.89. The van der Waals surface area contributed by atoms with Crippen molar-refractivity contribution in [1.82, 2.24) is 9.38 Å². The van der Waals surface area contributed by atoms with Gasteiger partial charge in [-0.15, -0.1) is 0 Å². The molecule has 1 N–H and O–H groups in total. The maximum absolute atomic E-state index is 12.6. The van der Waals surface area contributed by atoms with Crippen molar-refractivity contribution in [3.63, 3.8) is 0 Å². The highest BCUT2D eigenvalue weighted by Gasteiger charge is 2.25. The van der Waals surface area contributed by atoms with Gasteiger partial charge in [-0.3, -0.25) is 19.3 Å². The zero-order valence-electron chi connectivity index (χ0n) is 14.5. The minimum absolute atomic E-state index is 0.0766. The molecule has 8 nitrogen and oxygen atoms in total. The Balaban J connectivity index is 2.08. The van der Waals surface area contributed by atoms with Crippen LogP contribution in [0.2, 0.25) is 5.02 Å². The van der Waals surface area contributed by atoms with Gasteiger partial charge in [0.2, 0.25) is 5.82 Å². The van der Waals surface area contributed by atoms with Crippen LogP contribution in [0.25, 0.3) is 5.65 Å². The Morgan fingerprint density at radius 1 is 1.30 bits per heavy atom. The minimum Gasteiger partial charge on any atom is -0.385 e. The van der Waals surface area contributed by atoms with Gasteiger partial charge in [0, 0.05) is 24.9 Å². The van der Waals surface area contributed by atoms with Gasteiger partial charge in [0.25, 0.3) is 0 Å². The molecule has 0 bridgehead atoms. The first-order valence-corrected chi connectivity index (χ1v) is 8.56. The Kier molecular flexibility index (Phi) is 5.68. The number of methoxy groups -OCH3 is 1. The maximum Gasteiger partial charge on any atom is 0.376 e. The Morgan fingerprint density at radius 2 is 2.04 bits per heavy atom. The number of fused-ring (bicyclic) bond motifs is 1. The molecule has 9 heteroatoms. The van der Waals surface area contributed by atoms with E-state index in [-0.39, 0.29) is 11.9 Å². The Morgan fingerprint density at radius 3 is 2.70 bits per heavy atom. The zero-order chi connectivity index (χ0) is 19.4. The molecule has 1 atom stereocenters. The second kappa shape index (κ2) is 8.15. The van der Waals surface area contributed by atoms with Crippen LogP contribution in [0.5, 0.6) is 0 Å². The van der Waals surface area contributed by atoms with Gasteiger partial charge >= 0.3 is 11.2 Å². The maximum atomic E-state index is 12.6. The van der Waals surface area contributed by atoms with Crippen LogP contribution in [0, 0.1) is 10.1 Å². The van der Waals surface area contributed by atoms with E-state index in [2.05, 4.69) is 10.3 Å². The summed E-state index contributed by atoms with van der Waals surface area (Å²) >= 11 is 5.94. The highest BCUT2D eigenvalue weighted by molar-refractivity contribution is 6.30. The van der Waals surface area contributed by atoms with Crippen molar-refractivity contribution >= 4 is 28.8 Å². The average Bonchev–Trinajstić information content (AvgIpc) is 2.65. The van der Waals surface area contributed by atoms with Crippen molar-refractivity contribution in [2.24, 2.45) is 0 Å². The van der Waals surface area contributed by atoms with Gasteiger partial charge < -0.3 is 10.1 Å². The number of hydrogen-bond donors (Lipinski definition) is 1. The number of hydrogen-bond acceptors (Lipinski definition) is 6. The highest BCUT2D eigenvalue weighted by Crippen LogP contribution is 2.27. The van der Waals surface area contributed by atoms with E-state index >= 15 is 0 Å². The summed E-state index contributed by atoms with van der Waals surface area (Å²) in [4.78, 5) is 27.7. The lowest BCUT2D eigenvalue weighted by Gasteiger charge is -2.19. The van der Waals surface area contributed by atoms with E-state index in [1.807, 2.05) is 12.1 Å². The summed E-state index contributed by atoms with van der Waals surface area (Å²) in [6.45, 7) is 0.417. The van der Waals surface area contributed by atoms with Crippen molar-refractivity contribution in [3.8, 4) is 0 Å². The molecule has 1 aromatic carbocycles. The first-order chi connectivity index (χ1) is 13.0. The number of anilines is 1. The summed E-state index contributed by atoms with van der Waals surface area (Å²) in [6, 6.07) is 11.7. The lowest BCUT2D eigenvalue weighted by Crippen LogP contribution is -2.23. The van der Waals surface area contributed by atoms with E-state index in [9.17, 15) is 14.9 Å². The molecule has 0 aliphatic heterocycles. The number of nitrogens with one attached hydrogen (secondary N) is 1. The molecule has 2 heterocycles. The van der Waals surface area contributed by atoms with Gasteiger partial charge in [0.05, 0.1) is 11.0 Å². The minimum atomic E-state index is -0.741. The third-order valence-electron chi connectivity index (χ3n) is 4.09. The number of nitrogens with zero attached hydrogens (tertiary/aromatic N) is 3. The number of rotatable bonds is 7. The molecule has 140 valence electrons. The standard InChI is InChI=1S/C18H17ClN4O4/c1-27-11-9-14(12-5-7-13(19)8-6-12)20-17-16(23(25)26)18(24)22-10-3-2-4-15(22)21-17/h2-8,10,14,20H,9,11H2,1H3. The van der Waals surface area contributed by atoms with Gasteiger partial charge in [-0.25, -0.2) is 4.98 Å². The largest absolute Gasteiger partial charge is 0.385 e. The molecule has 0 saturated carbocycles. The molecule has 0 aliphatic rings. The summed E-state index contributed by atoms with van der Waals surface area (Å²) < 4.78 is 6.29. The smallest absolute Gasteiger partial charge is 0.376 e. The molecule has 2 aromatic heterocycles. The predicted molar refractivity (Wildman–Crippen MR) is 102 cm³/mol. The van der Waals surface area contributed by atoms with Crippen molar-refractivity contribution in [2.45, 2.75) is 12.5 Å². The lowest BCUT2D eigenvalue weighted by molar-refractivity contribution is -0.385. The number of nitro groups is 1. The van der Waals surface area contributed by atoms with Crippen LogP contribution in [-0.2, 0) is 4.74 Å². The third-order valence-corrected chi connectivity index (χ3v) is 4.34. The van der Waals surface area contributed by atoms with Gasteiger partial charge in [0.15, 0.2) is 0 Å². The molecule has 3 rings (SSSR count). The van der Waals surface area contributed by atoms with Crippen molar-refractivity contribution in [1.29, 1.82) is 0 Å². The first-order valence-electron chi connectivity index (χ1n) is 8.18. The normalized spacial score (nSPS) is 12.1. The predicted octanol–water partition coefficient (Wildman–Crippen LogP) is 3.45. The van der Waals surface area contributed by atoms with Crippen molar-refractivity contribution in [2.75, 3.05) is 19.0 Å². The summed E-state index contributed by atoms with van der Waals surface area (Å²) in [6.07, 6.45) is 1.97. The number of benzene rings is 1. The van der Waals surface area contributed by atoms with Gasteiger partial charge in [-0.2, -0.15) is 0 Å². The number of pyridine rings is 1. The van der Waals surface area contributed by atoms with E-state index in [1.165, 1.54) is 6.20 Å². The fourth-order valence-electron chi connectivity index (χ4n) is 2.76. The second-order valence-corrected chi connectivity index (χ2v) is 6.27. The van der Waals surface area contributed by atoms with Crippen molar-refractivity contribution < 1.29 is 9.66 Å². The second-order valence-electron chi connectivity index (χ2n) is 5.83. The van der Waals surface area contributed by atoms with E-state index in [0.717, 1.165) is 9.96 Å². The van der Waals surface area contributed by atoms with Gasteiger partial charge in [-0.05, 0) is 36.2 Å². The molecule has 0 saturated heterocycles. The highest BCUT2D eigenvalue weighted by atomic mass is 35.5. The molecular weight excluding hydrogens is 372 g/mol. The van der Waals surface area contributed by atoms with Crippen LogP contribution in [0.3, 0.4) is 0 Å². The topological polar surface area (TPSA) is 98.8 Å². The molecule has 27 heavy (non-hydrogen) atoms. The molecule has 1 unspecified atom stereocenters. The third kappa shape index (κ3) is 4.07. The SMILES string of the molecule is COCCC(Nc1nc2ccccn2c(=O)c1[N+](=O)[O-])c1ccc(Cl)cc1. The number of ether oxygens (including phenoxy) is 1. The van der Waals surface area contributed by atoms with Crippen LogP contribution in [0.1, 0.15) is 18.0 Å². The van der Waals surface area contributed by atoms with E-state index in [0.29, 0.717) is 23.7 Å². The van der Waals surface area contributed by atoms with Gasteiger partial charge in [-0.1, -0.05) is 29.8 Å². The van der Waals surface area contributed by atoms with E-state index < -0.39 is 16.2 Å². The number of halogens is 1.